The molecule has 1 heterocycles. The van der Waals surface area contributed by atoms with Gasteiger partial charge in [-0.1, -0.05) is 11.3 Å². The molecule has 3 N–H and O–H groups in total. The number of hydrogen-bond donors (Lipinski definition) is 2. The van der Waals surface area contributed by atoms with Gasteiger partial charge in [0.2, 0.25) is 0 Å². The van der Waals surface area contributed by atoms with Crippen molar-refractivity contribution in [2.75, 3.05) is 25.5 Å². The summed E-state index contributed by atoms with van der Waals surface area (Å²) in [5, 5.41) is 10.5. The molecule has 1 aromatic rings. The van der Waals surface area contributed by atoms with E-state index in [0.717, 1.165) is 10.0 Å². The number of aromatic nitrogens is 1. The number of rotatable bonds is 4. The van der Waals surface area contributed by atoms with Crippen LogP contribution >= 0.6 is 11.3 Å². The lowest BCUT2D eigenvalue weighted by Gasteiger charge is -2.07. The van der Waals surface area contributed by atoms with Crippen molar-refractivity contribution in [2.45, 2.75) is 12.5 Å². The van der Waals surface area contributed by atoms with Crippen molar-refractivity contribution in [1.82, 2.24) is 4.98 Å². The highest BCUT2D eigenvalue weighted by molar-refractivity contribution is 7.15. The molecule has 0 spiro atoms. The van der Waals surface area contributed by atoms with Gasteiger partial charge in [0, 0.05) is 20.3 Å². The van der Waals surface area contributed by atoms with Crippen molar-refractivity contribution in [3.05, 3.63) is 11.1 Å². The molecule has 0 aromatic carbocycles. The first-order chi connectivity index (χ1) is 6.15. The molecule has 0 bridgehead atoms. The molecule has 0 radical (unpaired) electrons. The summed E-state index contributed by atoms with van der Waals surface area (Å²) in [6.45, 7) is 0.496. The quantitative estimate of drug-likeness (QED) is 0.748. The lowest BCUT2D eigenvalue weighted by atomic mass is 10.2. The van der Waals surface area contributed by atoms with E-state index in [9.17, 15) is 5.11 Å². The smallest absolute Gasteiger partial charge is 0.185 e. The molecule has 0 aliphatic rings. The predicted molar refractivity (Wildman–Crippen MR) is 55.1 cm³/mol. The molecular formula is C8H15N3OS. The van der Waals surface area contributed by atoms with E-state index in [1.807, 2.05) is 19.0 Å². The molecule has 1 atom stereocenters. The summed E-state index contributed by atoms with van der Waals surface area (Å²) in [7, 11) is 3.86. The summed E-state index contributed by atoms with van der Waals surface area (Å²) in [5.74, 6) is 0. The number of aliphatic hydroxyl groups excluding tert-OH is 1. The van der Waals surface area contributed by atoms with Crippen LogP contribution in [-0.4, -0.2) is 30.7 Å². The Labute approximate surface area is 82.0 Å². The molecule has 0 saturated heterocycles. The summed E-state index contributed by atoms with van der Waals surface area (Å²) in [6, 6.07) is 0. The molecule has 0 aliphatic carbocycles. The Morgan fingerprint density at radius 3 is 2.85 bits per heavy atom. The standard InChI is InChI=1S/C8H15N3OS/c1-11(2)8-10-5-7(13-8)6(12)3-4-9/h5-6,12H,3-4,9H2,1-2H3/t6-/m0/s1. The number of aliphatic hydroxyl groups is 1. The van der Waals surface area contributed by atoms with Crippen molar-refractivity contribution < 1.29 is 5.11 Å². The number of hydrogen-bond acceptors (Lipinski definition) is 5. The maximum Gasteiger partial charge on any atom is 0.185 e. The van der Waals surface area contributed by atoms with Crippen molar-refractivity contribution >= 4 is 16.5 Å². The van der Waals surface area contributed by atoms with Gasteiger partial charge in [0.1, 0.15) is 0 Å². The first-order valence-electron chi connectivity index (χ1n) is 4.16. The van der Waals surface area contributed by atoms with Crippen LogP contribution < -0.4 is 10.6 Å². The predicted octanol–water partition coefficient (Wildman–Crippen LogP) is 0.591. The fourth-order valence-electron chi connectivity index (χ4n) is 0.938. The Kier molecular flexibility index (Phi) is 3.65. The second-order valence-electron chi connectivity index (χ2n) is 3.03. The van der Waals surface area contributed by atoms with Crippen molar-refractivity contribution in [2.24, 2.45) is 5.73 Å². The largest absolute Gasteiger partial charge is 0.387 e. The van der Waals surface area contributed by atoms with Crippen LogP contribution in [0.2, 0.25) is 0 Å². The molecular weight excluding hydrogens is 186 g/mol. The molecule has 1 aromatic heterocycles. The molecule has 0 saturated carbocycles. The summed E-state index contributed by atoms with van der Waals surface area (Å²) in [4.78, 5) is 6.97. The van der Waals surface area contributed by atoms with Gasteiger partial charge < -0.3 is 15.7 Å². The van der Waals surface area contributed by atoms with E-state index >= 15 is 0 Å². The van der Waals surface area contributed by atoms with E-state index < -0.39 is 6.10 Å². The third-order valence-electron chi connectivity index (χ3n) is 1.66. The van der Waals surface area contributed by atoms with Gasteiger partial charge in [-0.05, 0) is 13.0 Å². The molecule has 4 nitrogen and oxygen atoms in total. The molecule has 0 amide bonds. The van der Waals surface area contributed by atoms with E-state index in [0.29, 0.717) is 13.0 Å². The van der Waals surface area contributed by atoms with Gasteiger partial charge in [0.15, 0.2) is 5.13 Å². The lowest BCUT2D eigenvalue weighted by molar-refractivity contribution is 0.174. The first kappa shape index (κ1) is 10.4. The average Bonchev–Trinajstić information content (AvgIpc) is 2.52. The minimum Gasteiger partial charge on any atom is -0.387 e. The van der Waals surface area contributed by atoms with Crippen LogP contribution in [0.4, 0.5) is 5.13 Å². The van der Waals surface area contributed by atoms with Crippen LogP contribution in [0.1, 0.15) is 17.4 Å². The van der Waals surface area contributed by atoms with E-state index in [4.69, 9.17) is 5.73 Å². The second-order valence-corrected chi connectivity index (χ2v) is 4.07. The summed E-state index contributed by atoms with van der Waals surface area (Å²) < 4.78 is 0. The van der Waals surface area contributed by atoms with E-state index in [1.165, 1.54) is 11.3 Å². The van der Waals surface area contributed by atoms with E-state index in [1.54, 1.807) is 6.20 Å². The van der Waals surface area contributed by atoms with Crippen LogP contribution in [0.5, 0.6) is 0 Å². The van der Waals surface area contributed by atoms with E-state index in [-0.39, 0.29) is 0 Å². The maximum absolute atomic E-state index is 9.59. The third kappa shape index (κ3) is 2.65. The monoisotopic (exact) mass is 201 g/mol. The molecule has 0 aliphatic heterocycles. The normalized spacial score (nSPS) is 12.9. The molecule has 0 unspecified atom stereocenters. The number of thiazole rings is 1. The van der Waals surface area contributed by atoms with Gasteiger partial charge in [-0.25, -0.2) is 4.98 Å². The van der Waals surface area contributed by atoms with Gasteiger partial charge in [-0.15, -0.1) is 0 Å². The van der Waals surface area contributed by atoms with Crippen molar-refractivity contribution in [3.8, 4) is 0 Å². The van der Waals surface area contributed by atoms with Gasteiger partial charge in [0.05, 0.1) is 11.0 Å². The Morgan fingerprint density at radius 2 is 2.38 bits per heavy atom. The molecule has 0 fully saturated rings. The molecule has 74 valence electrons. The van der Waals surface area contributed by atoms with Crippen LogP contribution in [-0.2, 0) is 0 Å². The lowest BCUT2D eigenvalue weighted by Crippen LogP contribution is -2.07. The molecule has 5 heteroatoms. The first-order valence-corrected chi connectivity index (χ1v) is 4.98. The highest BCUT2D eigenvalue weighted by Crippen LogP contribution is 2.27. The number of anilines is 1. The van der Waals surface area contributed by atoms with Crippen LogP contribution in [0, 0.1) is 0 Å². The molecule has 1 rings (SSSR count). The number of nitrogens with two attached hydrogens (primary N) is 1. The maximum atomic E-state index is 9.59. The van der Waals surface area contributed by atoms with Gasteiger partial charge in [-0.3, -0.25) is 0 Å². The fourth-order valence-corrected chi connectivity index (χ4v) is 1.80. The SMILES string of the molecule is CN(C)c1ncc([C@@H](O)CCN)s1. The highest BCUT2D eigenvalue weighted by atomic mass is 32.1. The minimum absolute atomic E-state index is 0.462. The second kappa shape index (κ2) is 4.55. The number of nitrogens with zero attached hydrogens (tertiary/aromatic N) is 2. The Balaban J connectivity index is 2.67. The topological polar surface area (TPSA) is 62.4 Å². The van der Waals surface area contributed by atoms with Crippen molar-refractivity contribution in [1.29, 1.82) is 0 Å². The summed E-state index contributed by atoms with van der Waals surface area (Å²) in [5.41, 5.74) is 5.35. The molecule has 13 heavy (non-hydrogen) atoms. The average molecular weight is 201 g/mol. The Hall–Kier alpha value is -0.650. The van der Waals surface area contributed by atoms with Crippen molar-refractivity contribution in [3.63, 3.8) is 0 Å². The summed E-state index contributed by atoms with van der Waals surface area (Å²) >= 11 is 1.50. The van der Waals surface area contributed by atoms with Gasteiger partial charge in [-0.2, -0.15) is 0 Å². The Morgan fingerprint density at radius 1 is 1.69 bits per heavy atom. The van der Waals surface area contributed by atoms with Gasteiger partial charge >= 0.3 is 0 Å². The zero-order valence-electron chi connectivity index (χ0n) is 7.90. The van der Waals surface area contributed by atoms with Crippen LogP contribution in [0.15, 0.2) is 6.20 Å². The zero-order valence-corrected chi connectivity index (χ0v) is 8.71. The summed E-state index contributed by atoms with van der Waals surface area (Å²) in [6.07, 6.45) is 1.84. The van der Waals surface area contributed by atoms with Crippen LogP contribution in [0.3, 0.4) is 0 Å². The zero-order chi connectivity index (χ0) is 9.84. The van der Waals surface area contributed by atoms with Gasteiger partial charge in [0.25, 0.3) is 0 Å². The fraction of sp³-hybridized carbons (Fsp3) is 0.625. The highest BCUT2D eigenvalue weighted by Gasteiger charge is 2.11. The van der Waals surface area contributed by atoms with E-state index in [2.05, 4.69) is 4.98 Å². The third-order valence-corrected chi connectivity index (χ3v) is 2.93. The minimum atomic E-state index is -0.462. The Bertz CT molecular complexity index is 262. The van der Waals surface area contributed by atoms with Crippen LogP contribution in [0.25, 0.3) is 0 Å².